The lowest BCUT2D eigenvalue weighted by Crippen LogP contribution is -2.56. The number of aryl methyl sites for hydroxylation is 1. The predicted molar refractivity (Wildman–Crippen MR) is 140 cm³/mol. The number of rotatable bonds is 6. The van der Waals surface area contributed by atoms with Gasteiger partial charge in [0.25, 0.3) is 10.2 Å². The van der Waals surface area contributed by atoms with Gasteiger partial charge in [-0.15, -0.1) is 0 Å². The van der Waals surface area contributed by atoms with Gasteiger partial charge in [0.1, 0.15) is 5.82 Å². The van der Waals surface area contributed by atoms with Crippen molar-refractivity contribution in [1.82, 2.24) is 23.3 Å². The van der Waals surface area contributed by atoms with E-state index in [0.717, 1.165) is 40.8 Å². The topological polar surface area (TPSA) is 70.9 Å². The largest absolute Gasteiger partial charge is 0.379 e. The zero-order valence-electron chi connectivity index (χ0n) is 21.2. The number of morpholine rings is 1. The van der Waals surface area contributed by atoms with E-state index in [0.29, 0.717) is 45.3 Å². The molecule has 0 radical (unpaired) electrons. The fourth-order valence-corrected chi connectivity index (χ4v) is 7.39. The fraction of sp³-hybridized carbons (Fsp3) is 0.519. The molecule has 3 heterocycles. The Labute approximate surface area is 217 Å². The van der Waals surface area contributed by atoms with Gasteiger partial charge in [0, 0.05) is 50.7 Å². The van der Waals surface area contributed by atoms with Crippen molar-refractivity contribution in [1.29, 1.82) is 0 Å². The highest BCUT2D eigenvalue weighted by molar-refractivity contribution is 7.86. The molecule has 0 N–H and O–H groups in total. The number of ether oxygens (including phenoxy) is 1. The van der Waals surface area contributed by atoms with Crippen LogP contribution in [0.15, 0.2) is 42.6 Å². The zero-order chi connectivity index (χ0) is 25.6. The first-order valence-corrected chi connectivity index (χ1v) is 14.6. The SMILES string of the molecule is Cc1cc2c(cnn2-c2ccc(F)cc2)cc1[C@@H]1CN(S(=O)(=O)N2CCOCC2)CCN1CC1CCC1. The van der Waals surface area contributed by atoms with Gasteiger partial charge < -0.3 is 4.74 Å². The average Bonchev–Trinajstić information content (AvgIpc) is 3.29. The van der Waals surface area contributed by atoms with Crippen LogP contribution in [0.1, 0.15) is 36.4 Å². The molecule has 1 aromatic heterocycles. The van der Waals surface area contributed by atoms with Crippen LogP contribution in [0.3, 0.4) is 0 Å². The Kier molecular flexibility index (Phi) is 6.79. The van der Waals surface area contributed by atoms with Crippen molar-refractivity contribution >= 4 is 21.1 Å². The highest BCUT2D eigenvalue weighted by Gasteiger charge is 2.39. The van der Waals surface area contributed by atoms with E-state index in [1.807, 2.05) is 10.9 Å². The molecular weight excluding hydrogens is 493 g/mol. The van der Waals surface area contributed by atoms with Crippen LogP contribution in [-0.4, -0.2) is 84.2 Å². The van der Waals surface area contributed by atoms with Crippen LogP contribution in [-0.2, 0) is 14.9 Å². The standard InChI is InChI=1S/C27H34FN5O3S/c1-20-15-26-22(17-29-33(26)24-7-5-23(28)6-8-24)16-25(20)27-19-32(10-9-30(27)18-21-3-2-4-21)37(34,35)31-11-13-36-14-12-31/h5-8,15-17,21,27H,2-4,9-14,18-19H2,1H3/t27-/m0/s1. The van der Waals surface area contributed by atoms with Crippen molar-refractivity contribution in [3.05, 3.63) is 59.5 Å². The zero-order valence-corrected chi connectivity index (χ0v) is 22.0. The first kappa shape index (κ1) is 24.9. The first-order valence-electron chi connectivity index (χ1n) is 13.2. The molecule has 3 fully saturated rings. The van der Waals surface area contributed by atoms with Crippen LogP contribution in [0, 0.1) is 18.7 Å². The van der Waals surface area contributed by atoms with Crippen molar-refractivity contribution in [2.45, 2.75) is 32.2 Å². The van der Waals surface area contributed by atoms with Crippen molar-refractivity contribution in [3.63, 3.8) is 0 Å². The van der Waals surface area contributed by atoms with Crippen LogP contribution < -0.4 is 0 Å². The van der Waals surface area contributed by atoms with Gasteiger partial charge in [-0.1, -0.05) is 6.42 Å². The molecule has 2 aromatic carbocycles. The first-order chi connectivity index (χ1) is 17.9. The Hall–Kier alpha value is -2.37. The summed E-state index contributed by atoms with van der Waals surface area (Å²) in [5.41, 5.74) is 4.00. The third-order valence-electron chi connectivity index (χ3n) is 8.18. The lowest BCUT2D eigenvalue weighted by molar-refractivity contribution is 0.0592. The summed E-state index contributed by atoms with van der Waals surface area (Å²) >= 11 is 0. The second kappa shape index (κ2) is 10.1. The van der Waals surface area contributed by atoms with E-state index in [9.17, 15) is 12.8 Å². The van der Waals surface area contributed by atoms with E-state index in [1.54, 1.807) is 20.7 Å². The van der Waals surface area contributed by atoms with E-state index in [1.165, 1.54) is 31.4 Å². The van der Waals surface area contributed by atoms with Gasteiger partial charge in [-0.2, -0.15) is 22.1 Å². The minimum absolute atomic E-state index is 0.0243. The molecule has 0 amide bonds. The summed E-state index contributed by atoms with van der Waals surface area (Å²) in [7, 11) is -3.55. The normalized spacial score (nSPS) is 22.9. The molecule has 6 rings (SSSR count). The van der Waals surface area contributed by atoms with Crippen LogP contribution in [0.25, 0.3) is 16.6 Å². The van der Waals surface area contributed by atoms with Crippen molar-refractivity contribution in [2.24, 2.45) is 5.92 Å². The lowest BCUT2D eigenvalue weighted by Gasteiger charge is -2.45. The molecule has 198 valence electrons. The molecule has 1 saturated carbocycles. The van der Waals surface area contributed by atoms with Gasteiger partial charge in [0.15, 0.2) is 0 Å². The maximum absolute atomic E-state index is 13.5. The Morgan fingerprint density at radius 3 is 2.49 bits per heavy atom. The molecule has 3 aromatic rings. The number of piperazine rings is 1. The van der Waals surface area contributed by atoms with Crippen molar-refractivity contribution in [3.8, 4) is 5.69 Å². The maximum atomic E-state index is 13.5. The molecule has 3 aliphatic rings. The summed E-state index contributed by atoms with van der Waals surface area (Å²) in [5, 5.41) is 5.57. The summed E-state index contributed by atoms with van der Waals surface area (Å²) in [6.07, 6.45) is 5.63. The number of nitrogens with zero attached hydrogens (tertiary/aromatic N) is 5. The number of benzene rings is 2. The maximum Gasteiger partial charge on any atom is 0.282 e. The quantitative estimate of drug-likeness (QED) is 0.491. The number of halogens is 1. The second-order valence-corrected chi connectivity index (χ2v) is 12.4. The smallest absolute Gasteiger partial charge is 0.282 e. The van der Waals surface area contributed by atoms with Crippen molar-refractivity contribution in [2.75, 3.05) is 52.5 Å². The number of hydrogen-bond donors (Lipinski definition) is 0. The molecule has 8 nitrogen and oxygen atoms in total. The molecule has 10 heteroatoms. The molecular formula is C27H34FN5O3S. The lowest BCUT2D eigenvalue weighted by atomic mass is 9.84. The number of aromatic nitrogens is 2. The molecule has 1 aliphatic carbocycles. The highest BCUT2D eigenvalue weighted by atomic mass is 32.2. The van der Waals surface area contributed by atoms with E-state index >= 15 is 0 Å². The highest BCUT2D eigenvalue weighted by Crippen LogP contribution is 2.36. The Morgan fingerprint density at radius 1 is 1.03 bits per heavy atom. The van der Waals surface area contributed by atoms with E-state index in [4.69, 9.17) is 4.74 Å². The second-order valence-electron chi connectivity index (χ2n) is 10.5. The third kappa shape index (κ3) is 4.81. The Morgan fingerprint density at radius 2 is 1.78 bits per heavy atom. The molecule has 2 aliphatic heterocycles. The van der Waals surface area contributed by atoms with Crippen LogP contribution >= 0.6 is 0 Å². The third-order valence-corrected chi connectivity index (χ3v) is 10.2. The van der Waals surface area contributed by atoms with Gasteiger partial charge in [0.05, 0.1) is 30.6 Å². The Balaban J connectivity index is 1.34. The minimum atomic E-state index is -3.55. The Bertz CT molecular complexity index is 1370. The summed E-state index contributed by atoms with van der Waals surface area (Å²) in [6.45, 7) is 6.45. The van der Waals surface area contributed by atoms with E-state index in [2.05, 4.69) is 29.1 Å². The predicted octanol–water partition coefficient (Wildman–Crippen LogP) is 3.51. The molecule has 0 bridgehead atoms. The summed E-state index contributed by atoms with van der Waals surface area (Å²) < 4.78 is 51.0. The molecule has 1 atom stereocenters. The van der Waals surface area contributed by atoms with E-state index in [-0.39, 0.29) is 11.9 Å². The van der Waals surface area contributed by atoms with Crippen molar-refractivity contribution < 1.29 is 17.5 Å². The average molecular weight is 528 g/mol. The molecule has 0 unspecified atom stereocenters. The van der Waals surface area contributed by atoms with Gasteiger partial charge in [0.2, 0.25) is 0 Å². The monoisotopic (exact) mass is 527 g/mol. The molecule has 2 saturated heterocycles. The van der Waals surface area contributed by atoms with Gasteiger partial charge >= 0.3 is 0 Å². The number of hydrogen-bond acceptors (Lipinski definition) is 5. The summed E-state index contributed by atoms with van der Waals surface area (Å²) in [4.78, 5) is 2.49. The summed E-state index contributed by atoms with van der Waals surface area (Å²) in [6, 6.07) is 10.6. The van der Waals surface area contributed by atoms with Crippen LogP contribution in [0.4, 0.5) is 4.39 Å². The van der Waals surface area contributed by atoms with Gasteiger partial charge in [-0.05, 0) is 73.2 Å². The molecule has 0 spiro atoms. The van der Waals surface area contributed by atoms with E-state index < -0.39 is 10.2 Å². The van der Waals surface area contributed by atoms with Crippen LogP contribution in [0.2, 0.25) is 0 Å². The summed E-state index contributed by atoms with van der Waals surface area (Å²) in [5.74, 6) is 0.411. The van der Waals surface area contributed by atoms with Gasteiger partial charge in [-0.25, -0.2) is 9.07 Å². The number of fused-ring (bicyclic) bond motifs is 1. The van der Waals surface area contributed by atoms with Crippen LogP contribution in [0.5, 0.6) is 0 Å². The van der Waals surface area contributed by atoms with Gasteiger partial charge in [-0.3, -0.25) is 4.90 Å². The fourth-order valence-electron chi connectivity index (χ4n) is 5.81. The molecule has 37 heavy (non-hydrogen) atoms. The minimum Gasteiger partial charge on any atom is -0.379 e.